The Morgan fingerprint density at radius 2 is 1.92 bits per heavy atom. The predicted molar refractivity (Wildman–Crippen MR) is 50.3 cm³/mol. The van der Waals surface area contributed by atoms with Crippen molar-refractivity contribution in [2.45, 2.75) is 33.2 Å². The highest BCUT2D eigenvalue weighted by molar-refractivity contribution is 5.79. The van der Waals surface area contributed by atoms with Crippen molar-refractivity contribution in [2.75, 3.05) is 20.7 Å². The van der Waals surface area contributed by atoms with Crippen LogP contribution in [0.25, 0.3) is 0 Å². The molecule has 4 heteroatoms. The van der Waals surface area contributed by atoms with E-state index in [9.17, 15) is 4.79 Å². The molecule has 0 spiro atoms. The first-order valence-electron chi connectivity index (χ1n) is 4.47. The lowest BCUT2D eigenvalue weighted by Gasteiger charge is -2.21. The van der Waals surface area contributed by atoms with Gasteiger partial charge >= 0.3 is 0 Å². The fourth-order valence-corrected chi connectivity index (χ4v) is 0.983. The van der Waals surface area contributed by atoms with Crippen molar-refractivity contribution < 1.29 is 14.3 Å². The summed E-state index contributed by atoms with van der Waals surface area (Å²) >= 11 is 0. The molecule has 4 nitrogen and oxygen atoms in total. The van der Waals surface area contributed by atoms with Crippen molar-refractivity contribution in [3.05, 3.63) is 0 Å². The maximum absolute atomic E-state index is 11.3. The molecule has 0 aliphatic heterocycles. The minimum atomic E-state index is -0.448. The van der Waals surface area contributed by atoms with Crippen molar-refractivity contribution in [1.29, 1.82) is 0 Å². The van der Waals surface area contributed by atoms with E-state index >= 15 is 0 Å². The molecule has 0 saturated heterocycles. The van der Waals surface area contributed by atoms with Crippen LogP contribution in [-0.2, 0) is 14.3 Å². The van der Waals surface area contributed by atoms with E-state index in [1.807, 2.05) is 6.92 Å². The van der Waals surface area contributed by atoms with Crippen LogP contribution in [0.2, 0.25) is 0 Å². The molecule has 1 amide bonds. The zero-order valence-corrected chi connectivity index (χ0v) is 9.03. The number of hydrogen-bond donors (Lipinski definition) is 0. The van der Waals surface area contributed by atoms with Crippen LogP contribution in [0.1, 0.15) is 20.8 Å². The van der Waals surface area contributed by atoms with Crippen molar-refractivity contribution >= 4 is 5.91 Å². The molecule has 0 unspecified atom stereocenters. The van der Waals surface area contributed by atoms with Gasteiger partial charge in [0.05, 0.1) is 0 Å². The summed E-state index contributed by atoms with van der Waals surface area (Å²) in [6.45, 7) is 5.98. The van der Waals surface area contributed by atoms with Gasteiger partial charge in [0, 0.05) is 20.7 Å². The average molecular weight is 189 g/mol. The van der Waals surface area contributed by atoms with Crippen LogP contribution in [0.15, 0.2) is 0 Å². The van der Waals surface area contributed by atoms with Gasteiger partial charge in [-0.15, -0.1) is 0 Å². The number of rotatable bonds is 5. The molecule has 0 N–H and O–H groups in total. The molecule has 0 heterocycles. The molecule has 0 radical (unpaired) electrons. The van der Waals surface area contributed by atoms with Gasteiger partial charge in [-0.1, -0.05) is 0 Å². The highest BCUT2D eigenvalue weighted by atomic mass is 16.7. The Morgan fingerprint density at radius 1 is 1.38 bits per heavy atom. The van der Waals surface area contributed by atoms with E-state index in [0.717, 1.165) is 0 Å². The van der Waals surface area contributed by atoms with Crippen LogP contribution in [0.5, 0.6) is 0 Å². The molecule has 0 aliphatic rings. The molecule has 0 fully saturated rings. The summed E-state index contributed by atoms with van der Waals surface area (Å²) in [5.41, 5.74) is 0. The molecule has 0 aromatic heterocycles. The summed E-state index contributed by atoms with van der Waals surface area (Å²) < 4.78 is 10.4. The first-order chi connectivity index (χ1) is 5.99. The van der Waals surface area contributed by atoms with E-state index in [1.165, 1.54) is 4.90 Å². The summed E-state index contributed by atoms with van der Waals surface area (Å²) in [6, 6.07) is 0. The van der Waals surface area contributed by atoms with Crippen LogP contribution in [0, 0.1) is 0 Å². The first kappa shape index (κ1) is 12.4. The molecule has 78 valence electrons. The SMILES string of the molecule is CCO[C@@H](C)O[C@H](C)C(=O)N(C)C. The molecule has 0 aromatic rings. The molecule has 2 atom stereocenters. The highest BCUT2D eigenvalue weighted by Crippen LogP contribution is 2.01. The molecule has 0 bridgehead atoms. The third kappa shape index (κ3) is 4.85. The summed E-state index contributed by atoms with van der Waals surface area (Å²) in [6.07, 6.45) is -0.777. The van der Waals surface area contributed by atoms with E-state index in [4.69, 9.17) is 9.47 Å². The maximum atomic E-state index is 11.3. The monoisotopic (exact) mass is 189 g/mol. The van der Waals surface area contributed by atoms with Crippen molar-refractivity contribution in [3.8, 4) is 0 Å². The number of amides is 1. The van der Waals surface area contributed by atoms with E-state index in [-0.39, 0.29) is 12.2 Å². The van der Waals surface area contributed by atoms with Crippen LogP contribution in [0.3, 0.4) is 0 Å². The second-order valence-electron chi connectivity index (χ2n) is 3.03. The van der Waals surface area contributed by atoms with Gasteiger partial charge in [0.2, 0.25) is 0 Å². The predicted octanol–water partition coefficient (Wildman–Crippen LogP) is 0.862. The van der Waals surface area contributed by atoms with Gasteiger partial charge in [0.25, 0.3) is 5.91 Å². The van der Waals surface area contributed by atoms with Crippen molar-refractivity contribution in [3.63, 3.8) is 0 Å². The van der Waals surface area contributed by atoms with E-state index in [2.05, 4.69) is 0 Å². The molecule has 13 heavy (non-hydrogen) atoms. The van der Waals surface area contributed by atoms with Gasteiger partial charge in [-0.05, 0) is 20.8 Å². The maximum Gasteiger partial charge on any atom is 0.251 e. The summed E-state index contributed by atoms with van der Waals surface area (Å²) in [7, 11) is 3.40. The topological polar surface area (TPSA) is 38.8 Å². The molecule has 0 aromatic carbocycles. The van der Waals surface area contributed by atoms with Crippen LogP contribution in [0.4, 0.5) is 0 Å². The zero-order valence-electron chi connectivity index (χ0n) is 9.03. The van der Waals surface area contributed by atoms with Crippen molar-refractivity contribution in [1.82, 2.24) is 4.90 Å². The number of carbonyl (C=O) groups is 1. The lowest BCUT2D eigenvalue weighted by Crippen LogP contribution is -2.36. The Kier molecular flexibility index (Phi) is 5.66. The minimum absolute atomic E-state index is 0.0495. The number of hydrogen-bond acceptors (Lipinski definition) is 3. The third-order valence-corrected chi connectivity index (χ3v) is 1.59. The van der Waals surface area contributed by atoms with E-state index < -0.39 is 6.10 Å². The van der Waals surface area contributed by atoms with Crippen molar-refractivity contribution in [2.24, 2.45) is 0 Å². The lowest BCUT2D eigenvalue weighted by molar-refractivity contribution is -0.173. The third-order valence-electron chi connectivity index (χ3n) is 1.59. The summed E-state index contributed by atoms with van der Waals surface area (Å²) in [4.78, 5) is 12.8. The van der Waals surface area contributed by atoms with Gasteiger partial charge in [0.15, 0.2) is 6.29 Å². The Morgan fingerprint density at radius 3 is 2.31 bits per heavy atom. The van der Waals surface area contributed by atoms with Gasteiger partial charge in [-0.25, -0.2) is 0 Å². The largest absolute Gasteiger partial charge is 0.353 e. The molecule has 0 aliphatic carbocycles. The van der Waals surface area contributed by atoms with Gasteiger partial charge in [-0.2, -0.15) is 0 Å². The van der Waals surface area contributed by atoms with Gasteiger partial charge in [0.1, 0.15) is 6.10 Å². The molecule has 0 saturated carbocycles. The second-order valence-corrected chi connectivity index (χ2v) is 3.03. The Labute approximate surface area is 79.8 Å². The zero-order chi connectivity index (χ0) is 10.4. The molecular weight excluding hydrogens is 170 g/mol. The highest BCUT2D eigenvalue weighted by Gasteiger charge is 2.17. The second kappa shape index (κ2) is 5.94. The molecule has 0 rings (SSSR count). The number of likely N-dealkylation sites (N-methyl/N-ethyl adjacent to an activating group) is 1. The fraction of sp³-hybridized carbons (Fsp3) is 0.889. The standard InChI is InChI=1S/C9H19NO3/c1-6-12-8(3)13-7(2)9(11)10(4)5/h7-8H,6H2,1-5H3/t7-,8-/m1/s1. The Balaban J connectivity index is 3.85. The molecular formula is C9H19NO3. The Bertz CT molecular complexity index is 159. The van der Waals surface area contributed by atoms with Gasteiger partial charge < -0.3 is 14.4 Å². The smallest absolute Gasteiger partial charge is 0.251 e. The average Bonchev–Trinajstić information content (AvgIpc) is 2.03. The number of nitrogens with zero attached hydrogens (tertiary/aromatic N) is 1. The fourth-order valence-electron chi connectivity index (χ4n) is 0.983. The number of carbonyl (C=O) groups excluding carboxylic acids is 1. The van der Waals surface area contributed by atoms with Gasteiger partial charge in [-0.3, -0.25) is 4.79 Å². The van der Waals surface area contributed by atoms with Crippen LogP contribution >= 0.6 is 0 Å². The normalized spacial score (nSPS) is 15.2. The van der Waals surface area contributed by atoms with E-state index in [0.29, 0.717) is 6.61 Å². The summed E-state index contributed by atoms with van der Waals surface area (Å²) in [5, 5.41) is 0. The number of ether oxygens (including phenoxy) is 2. The van der Waals surface area contributed by atoms with Crippen LogP contribution in [-0.4, -0.2) is 43.9 Å². The quantitative estimate of drug-likeness (QED) is 0.602. The first-order valence-corrected chi connectivity index (χ1v) is 4.47. The van der Waals surface area contributed by atoms with Crippen LogP contribution < -0.4 is 0 Å². The van der Waals surface area contributed by atoms with E-state index in [1.54, 1.807) is 27.9 Å². The lowest BCUT2D eigenvalue weighted by atomic mass is 10.3. The summed E-state index contributed by atoms with van der Waals surface area (Å²) in [5.74, 6) is -0.0495. The Hall–Kier alpha value is -0.610. The minimum Gasteiger partial charge on any atom is -0.353 e.